The lowest BCUT2D eigenvalue weighted by Gasteiger charge is -2.13. The second-order valence-electron chi connectivity index (χ2n) is 6.24. The molecule has 1 N–H and O–H groups in total. The largest absolute Gasteiger partial charge is 0.489 e. The van der Waals surface area contributed by atoms with E-state index in [2.05, 4.69) is 0 Å². The summed E-state index contributed by atoms with van der Waals surface area (Å²) in [6, 6.07) is 7.78. The highest BCUT2D eigenvalue weighted by Gasteiger charge is 2.63. The maximum Gasteiger partial charge on any atom is 0.419 e. The van der Waals surface area contributed by atoms with Crippen LogP contribution in [0.4, 0.5) is 17.6 Å². The fourth-order valence-electron chi connectivity index (χ4n) is 3.29. The quantitative estimate of drug-likeness (QED) is 0.830. The standard InChI is InChI=1S/C18H12F4O4/c19-15-8(2-1-3-11(15)18(20,21)22)7-25-9-4-5-10-12(6-9)26-16-13(10)14(16)17(23)24/h1-6,13-14,16H,7H2,(H,23,24). The van der Waals surface area contributed by atoms with Crippen LogP contribution in [0.15, 0.2) is 36.4 Å². The molecule has 2 aromatic carbocycles. The lowest BCUT2D eigenvalue weighted by Crippen LogP contribution is -2.11. The summed E-state index contributed by atoms with van der Waals surface area (Å²) in [6.45, 7) is -0.376. The van der Waals surface area contributed by atoms with Gasteiger partial charge in [-0.3, -0.25) is 4.79 Å². The van der Waals surface area contributed by atoms with Crippen LogP contribution in [-0.2, 0) is 17.6 Å². The number of rotatable bonds is 4. The minimum atomic E-state index is -4.77. The van der Waals surface area contributed by atoms with Gasteiger partial charge in [0.1, 0.15) is 35.9 Å². The molecule has 1 saturated carbocycles. The van der Waals surface area contributed by atoms with Crippen molar-refractivity contribution in [2.45, 2.75) is 24.8 Å². The first-order chi connectivity index (χ1) is 12.3. The molecule has 0 saturated heterocycles. The Balaban J connectivity index is 1.48. The molecule has 2 aliphatic rings. The average molecular weight is 368 g/mol. The predicted octanol–water partition coefficient (Wildman–Crippen LogP) is 3.98. The van der Waals surface area contributed by atoms with Crippen LogP contribution < -0.4 is 9.47 Å². The van der Waals surface area contributed by atoms with Crippen LogP contribution in [0.2, 0.25) is 0 Å². The van der Waals surface area contributed by atoms with Gasteiger partial charge in [0, 0.05) is 23.1 Å². The summed E-state index contributed by atoms with van der Waals surface area (Å²) in [6.07, 6.45) is -5.16. The van der Waals surface area contributed by atoms with Gasteiger partial charge in [0.15, 0.2) is 0 Å². The smallest absolute Gasteiger partial charge is 0.419 e. The van der Waals surface area contributed by atoms with Crippen molar-refractivity contribution in [3.05, 3.63) is 58.9 Å². The Labute approximate surface area is 145 Å². The second-order valence-corrected chi connectivity index (χ2v) is 6.24. The third-order valence-electron chi connectivity index (χ3n) is 4.62. The van der Waals surface area contributed by atoms with Gasteiger partial charge in [0.05, 0.1) is 5.56 Å². The monoisotopic (exact) mass is 368 g/mol. The average Bonchev–Trinajstić information content (AvgIpc) is 3.16. The molecule has 0 aromatic heterocycles. The first-order valence-electron chi connectivity index (χ1n) is 7.78. The van der Waals surface area contributed by atoms with Crippen LogP contribution in [0.25, 0.3) is 0 Å². The van der Waals surface area contributed by atoms with Crippen LogP contribution >= 0.6 is 0 Å². The van der Waals surface area contributed by atoms with Crippen molar-refractivity contribution >= 4 is 5.97 Å². The summed E-state index contributed by atoms with van der Waals surface area (Å²) in [5.41, 5.74) is -0.786. The number of alkyl halides is 3. The van der Waals surface area contributed by atoms with E-state index in [0.29, 0.717) is 17.6 Å². The number of aliphatic carboxylic acids is 1. The van der Waals surface area contributed by atoms with Gasteiger partial charge in [-0.15, -0.1) is 0 Å². The van der Waals surface area contributed by atoms with Crippen LogP contribution in [0.1, 0.15) is 22.6 Å². The summed E-state index contributed by atoms with van der Waals surface area (Å²) in [4.78, 5) is 11.0. The number of hydrogen-bond acceptors (Lipinski definition) is 3. The van der Waals surface area contributed by atoms with Gasteiger partial charge in [-0.25, -0.2) is 4.39 Å². The number of hydrogen-bond donors (Lipinski definition) is 1. The first-order valence-corrected chi connectivity index (χ1v) is 7.78. The van der Waals surface area contributed by atoms with Crippen LogP contribution in [-0.4, -0.2) is 17.2 Å². The molecule has 0 spiro atoms. The fraction of sp³-hybridized carbons (Fsp3) is 0.278. The molecule has 1 fully saturated rings. The highest BCUT2D eigenvalue weighted by atomic mass is 19.4. The van der Waals surface area contributed by atoms with E-state index in [-0.39, 0.29) is 18.1 Å². The Kier molecular flexibility index (Phi) is 3.61. The molecule has 3 unspecified atom stereocenters. The highest BCUT2D eigenvalue weighted by molar-refractivity contribution is 5.79. The Morgan fingerprint density at radius 2 is 2.00 bits per heavy atom. The van der Waals surface area contributed by atoms with E-state index in [1.165, 1.54) is 12.1 Å². The Morgan fingerprint density at radius 3 is 2.69 bits per heavy atom. The molecule has 0 bridgehead atoms. The molecule has 0 radical (unpaired) electrons. The lowest BCUT2D eigenvalue weighted by molar-refractivity contribution is -0.140. The molecule has 1 aliphatic carbocycles. The van der Waals surface area contributed by atoms with Crippen molar-refractivity contribution in [3.8, 4) is 11.5 Å². The molecule has 136 valence electrons. The van der Waals surface area contributed by atoms with Gasteiger partial charge in [0.25, 0.3) is 0 Å². The van der Waals surface area contributed by atoms with Crippen LogP contribution in [0.5, 0.6) is 11.5 Å². The SMILES string of the molecule is O=C(O)C1C2Oc3cc(OCc4cccc(C(F)(F)F)c4F)ccc3C21. The van der Waals surface area contributed by atoms with E-state index in [4.69, 9.17) is 14.6 Å². The van der Waals surface area contributed by atoms with Crippen molar-refractivity contribution < 1.29 is 36.9 Å². The third kappa shape index (κ3) is 2.65. The molecule has 0 amide bonds. The molecular weight excluding hydrogens is 356 g/mol. The Morgan fingerprint density at radius 1 is 1.23 bits per heavy atom. The molecular formula is C18H12F4O4. The van der Waals surface area contributed by atoms with Gasteiger partial charge in [-0.1, -0.05) is 18.2 Å². The zero-order chi connectivity index (χ0) is 18.6. The normalized spacial score (nSPS) is 23.0. The van der Waals surface area contributed by atoms with Gasteiger partial charge < -0.3 is 14.6 Å². The van der Waals surface area contributed by atoms with Crippen LogP contribution in [0, 0.1) is 11.7 Å². The maximum absolute atomic E-state index is 14.0. The Bertz CT molecular complexity index is 893. The molecule has 26 heavy (non-hydrogen) atoms. The van der Waals surface area contributed by atoms with Crippen LogP contribution in [0.3, 0.4) is 0 Å². The van der Waals surface area contributed by atoms with E-state index >= 15 is 0 Å². The number of ether oxygens (including phenoxy) is 2. The van der Waals surface area contributed by atoms with E-state index < -0.39 is 35.5 Å². The molecule has 4 rings (SSSR count). The molecule has 4 nitrogen and oxygen atoms in total. The zero-order valence-corrected chi connectivity index (χ0v) is 13.1. The summed E-state index contributed by atoms with van der Waals surface area (Å²) in [5.74, 6) is -2.21. The predicted molar refractivity (Wildman–Crippen MR) is 80.5 cm³/mol. The maximum atomic E-state index is 14.0. The molecule has 2 aromatic rings. The van der Waals surface area contributed by atoms with Crippen molar-refractivity contribution in [3.63, 3.8) is 0 Å². The second kappa shape index (κ2) is 5.62. The minimum Gasteiger partial charge on any atom is -0.489 e. The summed E-state index contributed by atoms with van der Waals surface area (Å²) >= 11 is 0. The van der Waals surface area contributed by atoms with Crippen molar-refractivity contribution in [2.24, 2.45) is 5.92 Å². The van der Waals surface area contributed by atoms with Crippen molar-refractivity contribution in [1.82, 2.24) is 0 Å². The Hall–Kier alpha value is -2.77. The number of carbonyl (C=O) groups is 1. The summed E-state index contributed by atoms with van der Waals surface area (Å²) in [7, 11) is 0. The number of carboxylic acids is 1. The number of carboxylic acid groups (broad SMARTS) is 1. The topological polar surface area (TPSA) is 55.8 Å². The highest BCUT2D eigenvalue weighted by Crippen LogP contribution is 2.58. The van der Waals surface area contributed by atoms with Gasteiger partial charge in [-0.05, 0) is 12.1 Å². The molecule has 1 heterocycles. The van der Waals surface area contributed by atoms with Crippen molar-refractivity contribution in [1.29, 1.82) is 0 Å². The van der Waals surface area contributed by atoms with Gasteiger partial charge in [0.2, 0.25) is 0 Å². The summed E-state index contributed by atoms with van der Waals surface area (Å²) in [5, 5.41) is 9.03. The summed E-state index contributed by atoms with van der Waals surface area (Å²) < 4.78 is 63.1. The van der Waals surface area contributed by atoms with E-state index in [0.717, 1.165) is 11.6 Å². The number of halogens is 4. The van der Waals surface area contributed by atoms with E-state index in [1.807, 2.05) is 0 Å². The molecule has 3 atom stereocenters. The molecule has 1 aliphatic heterocycles. The first kappa shape index (κ1) is 16.7. The minimum absolute atomic E-state index is 0.183. The fourth-order valence-corrected chi connectivity index (χ4v) is 3.29. The van der Waals surface area contributed by atoms with Crippen molar-refractivity contribution in [2.75, 3.05) is 0 Å². The number of benzene rings is 2. The zero-order valence-electron chi connectivity index (χ0n) is 13.1. The van der Waals surface area contributed by atoms with E-state index in [9.17, 15) is 22.4 Å². The van der Waals surface area contributed by atoms with Gasteiger partial charge >= 0.3 is 12.1 Å². The van der Waals surface area contributed by atoms with Gasteiger partial charge in [-0.2, -0.15) is 13.2 Å². The number of fused-ring (bicyclic) bond motifs is 3. The lowest BCUT2D eigenvalue weighted by atomic mass is 10.1. The van der Waals surface area contributed by atoms with E-state index in [1.54, 1.807) is 12.1 Å². The molecule has 8 heteroatoms. The third-order valence-corrected chi connectivity index (χ3v) is 4.62.